The van der Waals surface area contributed by atoms with Crippen molar-refractivity contribution >= 4 is 115 Å². The van der Waals surface area contributed by atoms with E-state index in [-0.39, 0.29) is 5.56 Å². The first-order chi connectivity index (χ1) is 28.0. The van der Waals surface area contributed by atoms with Crippen molar-refractivity contribution in [3.63, 3.8) is 0 Å². The number of nitrogens with zero attached hydrogens (tertiary/aromatic N) is 2. The largest absolute Gasteiger partial charge is 0.268 e. The third-order valence-electron chi connectivity index (χ3n) is 12.9. The highest BCUT2D eigenvalue weighted by Crippen LogP contribution is 2.61. The van der Waals surface area contributed by atoms with Crippen LogP contribution in [0.2, 0.25) is 0 Å². The Balaban J connectivity index is 1.16. The van der Waals surface area contributed by atoms with Crippen LogP contribution in [0.3, 0.4) is 0 Å². The molecular weight excluding hydrogens is 733 g/mol. The Morgan fingerprint density at radius 3 is 1.84 bits per heavy atom. The maximum atomic E-state index is 14.7. The van der Waals surface area contributed by atoms with Crippen LogP contribution in [0.25, 0.3) is 135 Å². The number of aromatic nitrogens is 2. The molecule has 5 heteroatoms. The zero-order valence-corrected chi connectivity index (χ0v) is 32.5. The average molecular weight is 761 g/mol. The summed E-state index contributed by atoms with van der Waals surface area (Å²) in [6, 6.07) is 46.5. The van der Waals surface area contributed by atoms with Crippen LogP contribution in [0, 0.1) is 13.8 Å². The second kappa shape index (κ2) is 10.4. The number of rotatable bonds is 2. The van der Waals surface area contributed by atoms with Gasteiger partial charge >= 0.3 is 0 Å². The van der Waals surface area contributed by atoms with Crippen molar-refractivity contribution in [2.75, 3.05) is 0 Å². The lowest BCUT2D eigenvalue weighted by Gasteiger charge is -2.19. The van der Waals surface area contributed by atoms with E-state index in [1.54, 1.807) is 0 Å². The molecule has 0 amide bonds. The van der Waals surface area contributed by atoms with Gasteiger partial charge in [0.2, 0.25) is 0 Å². The molecular formula is C52H28N2OS2. The Morgan fingerprint density at radius 2 is 1.14 bits per heavy atom. The van der Waals surface area contributed by atoms with E-state index in [1.807, 2.05) is 33.1 Å². The number of benzene rings is 9. The van der Waals surface area contributed by atoms with Gasteiger partial charge in [-0.3, -0.25) is 9.20 Å². The van der Waals surface area contributed by atoms with Crippen molar-refractivity contribution in [3.05, 3.63) is 154 Å². The summed E-state index contributed by atoms with van der Waals surface area (Å²) in [6.45, 7) is 4.46. The molecule has 4 aromatic heterocycles. The van der Waals surface area contributed by atoms with Crippen molar-refractivity contribution in [2.45, 2.75) is 13.8 Å². The summed E-state index contributed by atoms with van der Waals surface area (Å²) >= 11 is 3.72. The van der Waals surface area contributed by atoms with Gasteiger partial charge in [-0.25, -0.2) is 4.98 Å². The lowest BCUT2D eigenvalue weighted by molar-refractivity contribution is 1.15. The fraction of sp³-hybridized carbons (Fsp3) is 0.0385. The zero-order valence-electron chi connectivity index (χ0n) is 30.8. The molecule has 0 unspecified atom stereocenters. The van der Waals surface area contributed by atoms with E-state index in [0.717, 1.165) is 43.4 Å². The van der Waals surface area contributed by atoms with E-state index >= 15 is 0 Å². The number of hydrogen-bond donors (Lipinski definition) is 0. The highest BCUT2D eigenvalue weighted by atomic mass is 32.1. The maximum absolute atomic E-state index is 14.7. The maximum Gasteiger partial charge on any atom is 0.264 e. The van der Waals surface area contributed by atoms with Gasteiger partial charge in [0.05, 0.1) is 11.0 Å². The van der Waals surface area contributed by atoms with Gasteiger partial charge in [0, 0.05) is 58.4 Å². The highest BCUT2D eigenvalue weighted by Gasteiger charge is 2.33. The second-order valence-corrected chi connectivity index (χ2v) is 18.0. The lowest BCUT2D eigenvalue weighted by Crippen LogP contribution is -2.16. The fourth-order valence-corrected chi connectivity index (χ4v) is 12.6. The standard InChI is InChI=1S/C52H28N2OS2/c1-25-23-24-56-50(25)49-29-10-4-3-9-28(29)46(40-22-13-26(2)57-40)47-34-18-14-31-33-17-21-37-45-36(20-16-32(43(33)45)30-15-19-35(48(47)49)44(34)42(30)31)51-53-38-11-5-7-27-8-6-12-39(41(27)38)54(51)52(37)55/h3-24H,1-2H3. The highest BCUT2D eigenvalue weighted by molar-refractivity contribution is 7.15. The molecule has 0 spiro atoms. The van der Waals surface area contributed by atoms with Gasteiger partial charge in [0.15, 0.2) is 0 Å². The first-order valence-corrected chi connectivity index (χ1v) is 21.1. The summed E-state index contributed by atoms with van der Waals surface area (Å²) < 4.78 is 1.84. The summed E-state index contributed by atoms with van der Waals surface area (Å²) in [4.78, 5) is 23.9. The van der Waals surface area contributed by atoms with E-state index in [0.29, 0.717) is 5.65 Å². The van der Waals surface area contributed by atoms with Crippen LogP contribution in [0.15, 0.2) is 138 Å². The predicted octanol–water partition coefficient (Wildman–Crippen LogP) is 14.5. The molecule has 3 nitrogen and oxygen atoms in total. The molecule has 0 atom stereocenters. The molecule has 0 N–H and O–H groups in total. The van der Waals surface area contributed by atoms with Crippen LogP contribution in [0.4, 0.5) is 0 Å². The third-order valence-corrected chi connectivity index (χ3v) is 15.0. The molecule has 0 saturated heterocycles. The first kappa shape index (κ1) is 30.5. The van der Waals surface area contributed by atoms with E-state index in [4.69, 9.17) is 4.98 Å². The van der Waals surface area contributed by atoms with Crippen molar-refractivity contribution in [2.24, 2.45) is 0 Å². The van der Waals surface area contributed by atoms with Gasteiger partial charge in [-0.15, -0.1) is 22.7 Å². The van der Waals surface area contributed by atoms with Gasteiger partial charge in [-0.1, -0.05) is 84.9 Å². The number of hydrogen-bond acceptors (Lipinski definition) is 4. The number of fused-ring (bicyclic) bond motifs is 9. The van der Waals surface area contributed by atoms with E-state index < -0.39 is 0 Å². The van der Waals surface area contributed by atoms with E-state index in [9.17, 15) is 4.79 Å². The fourth-order valence-electron chi connectivity index (χ4n) is 10.7. The SMILES string of the molecule is Cc1ccc(-c2c3c(c(-c4sccc4C)c4ccccc24)-c2ccc4c5ccc6c7c(ccc(c8ccc-3c2c84)c57)c(=O)n2c3cccc4cccc(nc62)c43)s1. The molecule has 57 heavy (non-hydrogen) atoms. The molecule has 14 rings (SSSR count). The Labute approximate surface area is 333 Å². The van der Waals surface area contributed by atoms with Crippen LogP contribution >= 0.6 is 22.7 Å². The summed E-state index contributed by atoms with van der Waals surface area (Å²) in [6.07, 6.45) is 0. The summed E-state index contributed by atoms with van der Waals surface area (Å²) in [5, 5.41) is 18.2. The van der Waals surface area contributed by atoms with Crippen LogP contribution in [-0.2, 0) is 0 Å². The zero-order chi connectivity index (χ0) is 37.4. The molecule has 4 heterocycles. The van der Waals surface area contributed by atoms with Gasteiger partial charge in [0.25, 0.3) is 5.56 Å². The molecule has 9 aromatic carbocycles. The van der Waals surface area contributed by atoms with E-state index in [1.165, 1.54) is 96.7 Å². The molecule has 1 aliphatic rings. The number of aryl methyl sites for hydroxylation is 2. The van der Waals surface area contributed by atoms with Crippen molar-refractivity contribution in [1.29, 1.82) is 0 Å². The molecule has 0 bridgehead atoms. The van der Waals surface area contributed by atoms with Crippen LogP contribution in [-0.4, -0.2) is 9.38 Å². The topological polar surface area (TPSA) is 34.4 Å². The summed E-state index contributed by atoms with van der Waals surface area (Å²) in [5.41, 5.74) is 11.7. The lowest BCUT2D eigenvalue weighted by atomic mass is 9.86. The number of thiophene rings is 2. The molecule has 264 valence electrons. The molecule has 0 aliphatic heterocycles. The Bertz CT molecular complexity index is 4010. The smallest absolute Gasteiger partial charge is 0.264 e. The molecule has 0 saturated carbocycles. The summed E-state index contributed by atoms with van der Waals surface area (Å²) in [7, 11) is 0. The number of pyridine rings is 1. The van der Waals surface area contributed by atoms with Crippen LogP contribution in [0.1, 0.15) is 10.4 Å². The second-order valence-electron chi connectivity index (χ2n) is 15.8. The van der Waals surface area contributed by atoms with Gasteiger partial charge < -0.3 is 0 Å². The van der Waals surface area contributed by atoms with Gasteiger partial charge in [-0.2, -0.15) is 0 Å². The van der Waals surface area contributed by atoms with Crippen LogP contribution < -0.4 is 5.56 Å². The van der Waals surface area contributed by atoms with E-state index in [2.05, 4.69) is 141 Å². The Hall–Kier alpha value is -6.66. The van der Waals surface area contributed by atoms with Crippen molar-refractivity contribution in [1.82, 2.24) is 9.38 Å². The van der Waals surface area contributed by atoms with Gasteiger partial charge in [0.1, 0.15) is 5.65 Å². The monoisotopic (exact) mass is 760 g/mol. The van der Waals surface area contributed by atoms with Gasteiger partial charge in [-0.05, 0) is 132 Å². The normalized spacial score (nSPS) is 12.8. The molecule has 0 radical (unpaired) electrons. The molecule has 1 aliphatic carbocycles. The minimum absolute atomic E-state index is 0.0261. The van der Waals surface area contributed by atoms with Crippen LogP contribution in [0.5, 0.6) is 0 Å². The molecule has 0 fully saturated rings. The van der Waals surface area contributed by atoms with Crippen molar-refractivity contribution < 1.29 is 0 Å². The Morgan fingerprint density at radius 1 is 0.509 bits per heavy atom. The first-order valence-electron chi connectivity index (χ1n) is 19.4. The molecule has 13 aromatic rings. The minimum atomic E-state index is -0.0261. The quantitative estimate of drug-likeness (QED) is 0.130. The summed E-state index contributed by atoms with van der Waals surface area (Å²) in [5.74, 6) is 0. The Kier molecular flexibility index (Phi) is 5.57. The average Bonchev–Trinajstić information content (AvgIpc) is 3.96. The predicted molar refractivity (Wildman–Crippen MR) is 244 cm³/mol. The minimum Gasteiger partial charge on any atom is -0.268 e. The third kappa shape index (κ3) is 3.60. The van der Waals surface area contributed by atoms with Crippen molar-refractivity contribution in [3.8, 4) is 43.1 Å².